The topological polar surface area (TPSA) is 52.4 Å². The average molecular weight is 219 g/mol. The van der Waals surface area contributed by atoms with E-state index in [-0.39, 0.29) is 6.04 Å². The van der Waals surface area contributed by atoms with Crippen molar-refractivity contribution in [1.82, 2.24) is 10.6 Å². The summed E-state index contributed by atoms with van der Waals surface area (Å²) in [6.07, 6.45) is 1.71. The van der Waals surface area contributed by atoms with E-state index in [4.69, 9.17) is 4.74 Å². The zero-order valence-corrected chi connectivity index (χ0v) is 9.27. The highest BCUT2D eigenvalue weighted by Crippen LogP contribution is 2.31. The number of carbonyl (C=O) groups excluding carboxylic acids is 1. The molecule has 85 valence electrons. The number of benzene rings is 1. The minimum atomic E-state index is -0.439. The molecule has 1 aliphatic rings. The second-order valence-corrected chi connectivity index (χ2v) is 3.74. The molecule has 0 aromatic heterocycles. The van der Waals surface area contributed by atoms with Crippen molar-refractivity contribution in [2.75, 3.05) is 13.6 Å². The van der Waals surface area contributed by atoms with E-state index in [1.165, 1.54) is 0 Å². The van der Waals surface area contributed by atoms with Gasteiger partial charge in [-0.3, -0.25) is 0 Å². The van der Waals surface area contributed by atoms with Crippen molar-refractivity contribution in [3.63, 3.8) is 0 Å². The van der Waals surface area contributed by atoms with E-state index in [0.29, 0.717) is 5.75 Å². The average Bonchev–Trinajstić information content (AvgIpc) is 2.83. The van der Waals surface area contributed by atoms with Crippen LogP contribution in [0.3, 0.4) is 0 Å². The lowest BCUT2D eigenvalue weighted by molar-refractivity contribution is 0.202. The van der Waals surface area contributed by atoms with Crippen molar-refractivity contribution in [3.05, 3.63) is 29.8 Å². The third-order valence-corrected chi connectivity index (χ3v) is 2.67. The van der Waals surface area contributed by atoms with Gasteiger partial charge in [-0.15, -0.1) is 0 Å². The standard InChI is InChI=1S/C12H15N2O2/c1-13-12(15)16-11-7-3-2-5-9(11)10-6-4-8-14-10/h2-3,5,7,10H,4,6,8H2,1H3,(H,13,15)/t10-/m1/s1. The van der Waals surface area contributed by atoms with Gasteiger partial charge in [0.05, 0.1) is 6.04 Å². The van der Waals surface area contributed by atoms with Crippen LogP contribution in [0.1, 0.15) is 24.4 Å². The maximum absolute atomic E-state index is 11.2. The third kappa shape index (κ3) is 2.33. The molecule has 1 N–H and O–H groups in total. The molecule has 0 bridgehead atoms. The molecule has 0 aliphatic carbocycles. The van der Waals surface area contributed by atoms with Gasteiger partial charge >= 0.3 is 6.09 Å². The van der Waals surface area contributed by atoms with Crippen LogP contribution in [0.4, 0.5) is 4.79 Å². The summed E-state index contributed by atoms with van der Waals surface area (Å²) in [6, 6.07) is 7.76. The molecule has 1 amide bonds. The van der Waals surface area contributed by atoms with E-state index in [2.05, 4.69) is 10.6 Å². The summed E-state index contributed by atoms with van der Waals surface area (Å²) in [5.74, 6) is 0.609. The first-order valence-corrected chi connectivity index (χ1v) is 5.46. The van der Waals surface area contributed by atoms with Crippen molar-refractivity contribution in [2.24, 2.45) is 0 Å². The Morgan fingerprint density at radius 3 is 3.00 bits per heavy atom. The second-order valence-electron chi connectivity index (χ2n) is 3.74. The lowest BCUT2D eigenvalue weighted by atomic mass is 10.0. The molecule has 1 heterocycles. The van der Waals surface area contributed by atoms with Crippen LogP contribution in [-0.2, 0) is 0 Å². The molecule has 0 unspecified atom stereocenters. The van der Waals surface area contributed by atoms with Gasteiger partial charge in [0.2, 0.25) is 0 Å². The number of hydrogen-bond acceptors (Lipinski definition) is 2. The quantitative estimate of drug-likeness (QED) is 0.825. The molecule has 2 rings (SSSR count). The molecular formula is C12H15N2O2. The number of ether oxygens (including phenoxy) is 1. The maximum atomic E-state index is 11.2. The number of amides is 1. The number of rotatable bonds is 2. The number of hydrogen-bond donors (Lipinski definition) is 1. The van der Waals surface area contributed by atoms with Gasteiger partial charge in [-0.25, -0.2) is 10.1 Å². The summed E-state index contributed by atoms with van der Waals surface area (Å²) in [5.41, 5.74) is 1.00. The number of para-hydroxylation sites is 1. The summed E-state index contributed by atoms with van der Waals surface area (Å²) < 4.78 is 5.20. The molecule has 0 spiro atoms. The van der Waals surface area contributed by atoms with Crippen LogP contribution in [0.5, 0.6) is 5.75 Å². The summed E-state index contributed by atoms with van der Waals surface area (Å²) in [6.45, 7) is 0.902. The number of nitrogens with one attached hydrogen (secondary N) is 1. The molecule has 1 saturated heterocycles. The Kier molecular flexibility index (Phi) is 3.41. The van der Waals surface area contributed by atoms with Crippen LogP contribution in [0.15, 0.2) is 24.3 Å². The summed E-state index contributed by atoms with van der Waals surface area (Å²) >= 11 is 0. The van der Waals surface area contributed by atoms with Gasteiger partial charge in [0.25, 0.3) is 0 Å². The highest BCUT2D eigenvalue weighted by molar-refractivity contribution is 5.70. The highest BCUT2D eigenvalue weighted by atomic mass is 16.6. The van der Waals surface area contributed by atoms with Crippen LogP contribution in [-0.4, -0.2) is 19.7 Å². The minimum Gasteiger partial charge on any atom is -0.410 e. The third-order valence-electron chi connectivity index (χ3n) is 2.67. The molecule has 1 fully saturated rings. The zero-order valence-electron chi connectivity index (χ0n) is 9.27. The summed E-state index contributed by atoms with van der Waals surface area (Å²) in [5, 5.41) is 6.93. The predicted molar refractivity (Wildman–Crippen MR) is 60.5 cm³/mol. The Morgan fingerprint density at radius 2 is 2.31 bits per heavy atom. The largest absolute Gasteiger partial charge is 0.412 e. The first kappa shape index (κ1) is 11.0. The van der Waals surface area contributed by atoms with E-state index >= 15 is 0 Å². The first-order valence-electron chi connectivity index (χ1n) is 5.46. The Labute approximate surface area is 95.0 Å². The number of carbonyl (C=O) groups is 1. The van der Waals surface area contributed by atoms with Gasteiger partial charge in [0.15, 0.2) is 0 Å². The van der Waals surface area contributed by atoms with Crippen molar-refractivity contribution in [2.45, 2.75) is 18.9 Å². The minimum absolute atomic E-state index is 0.181. The fourth-order valence-electron chi connectivity index (χ4n) is 1.88. The van der Waals surface area contributed by atoms with Crippen molar-refractivity contribution in [3.8, 4) is 5.75 Å². The molecule has 1 radical (unpaired) electrons. The van der Waals surface area contributed by atoms with Crippen LogP contribution in [0.25, 0.3) is 0 Å². The fourth-order valence-corrected chi connectivity index (χ4v) is 1.88. The van der Waals surface area contributed by atoms with E-state index in [0.717, 1.165) is 24.9 Å². The Morgan fingerprint density at radius 1 is 1.50 bits per heavy atom. The maximum Gasteiger partial charge on any atom is 0.412 e. The molecule has 1 atom stereocenters. The van der Waals surface area contributed by atoms with E-state index in [9.17, 15) is 4.79 Å². The van der Waals surface area contributed by atoms with Gasteiger partial charge in [-0.05, 0) is 18.9 Å². The molecule has 4 heteroatoms. The highest BCUT2D eigenvalue weighted by Gasteiger charge is 2.21. The molecule has 16 heavy (non-hydrogen) atoms. The van der Waals surface area contributed by atoms with Gasteiger partial charge in [-0.2, -0.15) is 0 Å². The van der Waals surface area contributed by atoms with Crippen LogP contribution < -0.4 is 15.4 Å². The van der Waals surface area contributed by atoms with E-state index < -0.39 is 6.09 Å². The van der Waals surface area contributed by atoms with E-state index in [1.54, 1.807) is 13.1 Å². The summed E-state index contributed by atoms with van der Waals surface area (Å²) in [7, 11) is 1.55. The van der Waals surface area contributed by atoms with Gasteiger partial charge in [-0.1, -0.05) is 18.2 Å². The molecule has 4 nitrogen and oxygen atoms in total. The van der Waals surface area contributed by atoms with Crippen LogP contribution in [0.2, 0.25) is 0 Å². The monoisotopic (exact) mass is 219 g/mol. The lowest BCUT2D eigenvalue weighted by Gasteiger charge is -2.14. The second kappa shape index (κ2) is 4.99. The smallest absolute Gasteiger partial charge is 0.410 e. The molecule has 0 saturated carbocycles. The van der Waals surface area contributed by atoms with Crippen LogP contribution >= 0.6 is 0 Å². The van der Waals surface area contributed by atoms with Gasteiger partial charge in [0.1, 0.15) is 5.75 Å². The molecular weight excluding hydrogens is 204 g/mol. The Bertz CT molecular complexity index is 373. The van der Waals surface area contributed by atoms with Crippen LogP contribution in [0, 0.1) is 0 Å². The van der Waals surface area contributed by atoms with Crippen molar-refractivity contribution < 1.29 is 9.53 Å². The normalized spacial score (nSPS) is 19.4. The van der Waals surface area contributed by atoms with Crippen molar-refractivity contribution in [1.29, 1.82) is 0 Å². The molecule has 1 aliphatic heterocycles. The predicted octanol–water partition coefficient (Wildman–Crippen LogP) is 1.84. The first-order chi connectivity index (χ1) is 7.81. The van der Waals surface area contributed by atoms with E-state index in [1.807, 2.05) is 18.2 Å². The number of nitrogens with zero attached hydrogens (tertiary/aromatic N) is 1. The summed E-state index contributed by atoms with van der Waals surface area (Å²) in [4.78, 5) is 11.2. The zero-order chi connectivity index (χ0) is 11.4. The SMILES string of the molecule is CNC(=O)Oc1ccccc1[C@H]1CCC[N]1. The van der Waals surface area contributed by atoms with Crippen molar-refractivity contribution >= 4 is 6.09 Å². The molecule has 1 aromatic rings. The Balaban J connectivity index is 2.19. The Hall–Kier alpha value is -1.55. The lowest BCUT2D eigenvalue weighted by Crippen LogP contribution is -2.23. The van der Waals surface area contributed by atoms with Gasteiger partial charge < -0.3 is 10.1 Å². The van der Waals surface area contributed by atoms with Gasteiger partial charge in [0, 0.05) is 19.2 Å². The molecule has 1 aromatic carbocycles. The fraction of sp³-hybridized carbons (Fsp3) is 0.417.